The van der Waals surface area contributed by atoms with Crippen LogP contribution in [-0.4, -0.2) is 38.2 Å². The number of likely N-dealkylation sites (tertiary alicyclic amines) is 1. The Morgan fingerprint density at radius 3 is 2.71 bits per heavy atom. The number of hydrogen-bond acceptors (Lipinski definition) is 3. The van der Waals surface area contributed by atoms with Crippen molar-refractivity contribution in [2.75, 3.05) is 33.3 Å². The van der Waals surface area contributed by atoms with Crippen LogP contribution in [0.1, 0.15) is 18.4 Å². The lowest BCUT2D eigenvalue weighted by atomic mass is 10.0. The van der Waals surface area contributed by atoms with E-state index in [1.807, 2.05) is 7.05 Å². The summed E-state index contributed by atoms with van der Waals surface area (Å²) in [5.74, 6) is 1.02. The molecule has 1 heterocycles. The van der Waals surface area contributed by atoms with Crippen molar-refractivity contribution in [3.63, 3.8) is 0 Å². The highest BCUT2D eigenvalue weighted by atomic mass is 16.5. The first kappa shape index (κ1) is 14.4. The van der Waals surface area contributed by atoms with Crippen molar-refractivity contribution >= 4 is 10.8 Å². The second-order valence-corrected chi connectivity index (χ2v) is 5.69. The number of rotatable bonds is 6. The van der Waals surface area contributed by atoms with Crippen LogP contribution in [0.3, 0.4) is 0 Å². The van der Waals surface area contributed by atoms with Gasteiger partial charge in [-0.25, -0.2) is 0 Å². The molecule has 0 amide bonds. The monoisotopic (exact) mass is 284 g/mol. The maximum absolute atomic E-state index is 6.08. The van der Waals surface area contributed by atoms with E-state index in [9.17, 15) is 0 Å². The molecule has 0 atom stereocenters. The first-order valence-electron chi connectivity index (χ1n) is 7.89. The average molecular weight is 284 g/mol. The lowest BCUT2D eigenvalue weighted by Crippen LogP contribution is -2.25. The third-order valence-corrected chi connectivity index (χ3v) is 4.21. The van der Waals surface area contributed by atoms with Crippen LogP contribution in [0.5, 0.6) is 5.75 Å². The standard InChI is InChI=1S/C18H24N2O/c1-19-14-17-16-7-3-2-6-15(16)8-9-18(17)21-13-12-20-10-4-5-11-20/h2-3,6-9,19H,4-5,10-14H2,1H3. The number of ether oxygens (including phenoxy) is 1. The van der Waals surface area contributed by atoms with Crippen LogP contribution in [0.25, 0.3) is 10.8 Å². The van der Waals surface area contributed by atoms with Crippen molar-refractivity contribution in [2.24, 2.45) is 0 Å². The van der Waals surface area contributed by atoms with Crippen molar-refractivity contribution in [1.82, 2.24) is 10.2 Å². The zero-order chi connectivity index (χ0) is 14.5. The Morgan fingerprint density at radius 1 is 1.10 bits per heavy atom. The molecule has 1 aliphatic rings. The van der Waals surface area contributed by atoms with E-state index in [0.29, 0.717) is 0 Å². The van der Waals surface area contributed by atoms with Crippen LogP contribution >= 0.6 is 0 Å². The molecule has 1 fully saturated rings. The normalized spacial score (nSPS) is 15.7. The van der Waals surface area contributed by atoms with E-state index >= 15 is 0 Å². The van der Waals surface area contributed by atoms with E-state index < -0.39 is 0 Å². The predicted molar refractivity (Wildman–Crippen MR) is 87.9 cm³/mol. The zero-order valence-corrected chi connectivity index (χ0v) is 12.8. The van der Waals surface area contributed by atoms with Crippen LogP contribution in [0.15, 0.2) is 36.4 Å². The summed E-state index contributed by atoms with van der Waals surface area (Å²) in [6.45, 7) is 5.09. The predicted octanol–water partition coefficient (Wildman–Crippen LogP) is 3.03. The second-order valence-electron chi connectivity index (χ2n) is 5.69. The SMILES string of the molecule is CNCc1c(OCCN2CCCC2)ccc2ccccc12. The van der Waals surface area contributed by atoms with Gasteiger partial charge >= 0.3 is 0 Å². The summed E-state index contributed by atoms with van der Waals surface area (Å²) in [6.07, 6.45) is 2.67. The Hall–Kier alpha value is -1.58. The largest absolute Gasteiger partial charge is 0.492 e. The van der Waals surface area contributed by atoms with Gasteiger partial charge in [-0.2, -0.15) is 0 Å². The minimum Gasteiger partial charge on any atom is -0.492 e. The summed E-state index contributed by atoms with van der Waals surface area (Å²) in [4.78, 5) is 2.48. The quantitative estimate of drug-likeness (QED) is 0.882. The minimum absolute atomic E-state index is 0.773. The van der Waals surface area contributed by atoms with Gasteiger partial charge in [0.25, 0.3) is 0 Å². The van der Waals surface area contributed by atoms with Crippen LogP contribution in [0.2, 0.25) is 0 Å². The van der Waals surface area contributed by atoms with E-state index in [-0.39, 0.29) is 0 Å². The highest BCUT2D eigenvalue weighted by Crippen LogP contribution is 2.28. The molecule has 0 radical (unpaired) electrons. The number of benzene rings is 2. The maximum atomic E-state index is 6.08. The van der Waals surface area contributed by atoms with Crippen molar-refractivity contribution in [2.45, 2.75) is 19.4 Å². The fourth-order valence-electron chi connectivity index (χ4n) is 3.10. The summed E-state index contributed by atoms with van der Waals surface area (Å²) < 4.78 is 6.08. The fraction of sp³-hybridized carbons (Fsp3) is 0.444. The van der Waals surface area contributed by atoms with Gasteiger partial charge in [0.05, 0.1) is 0 Å². The van der Waals surface area contributed by atoms with Crippen molar-refractivity contribution in [3.05, 3.63) is 42.0 Å². The second kappa shape index (κ2) is 6.92. The van der Waals surface area contributed by atoms with E-state index in [0.717, 1.165) is 25.4 Å². The molecule has 3 heteroatoms. The van der Waals surface area contributed by atoms with Gasteiger partial charge in [0.1, 0.15) is 12.4 Å². The van der Waals surface area contributed by atoms with Gasteiger partial charge in [0, 0.05) is 18.7 Å². The maximum Gasteiger partial charge on any atom is 0.124 e. The molecule has 0 aliphatic carbocycles. The number of hydrogen-bond donors (Lipinski definition) is 1. The smallest absolute Gasteiger partial charge is 0.124 e. The first-order valence-corrected chi connectivity index (χ1v) is 7.89. The number of nitrogens with zero attached hydrogens (tertiary/aromatic N) is 1. The Balaban J connectivity index is 1.75. The van der Waals surface area contributed by atoms with Crippen molar-refractivity contribution in [1.29, 1.82) is 0 Å². The van der Waals surface area contributed by atoms with Crippen LogP contribution in [0.4, 0.5) is 0 Å². The number of fused-ring (bicyclic) bond motifs is 1. The Labute approximate surface area is 126 Å². The van der Waals surface area contributed by atoms with Crippen LogP contribution in [-0.2, 0) is 6.54 Å². The molecule has 1 N–H and O–H groups in total. The molecule has 0 bridgehead atoms. The molecule has 112 valence electrons. The summed E-state index contributed by atoms with van der Waals surface area (Å²) >= 11 is 0. The molecule has 21 heavy (non-hydrogen) atoms. The average Bonchev–Trinajstić information content (AvgIpc) is 3.03. The molecule has 0 saturated carbocycles. The molecule has 0 aromatic heterocycles. The minimum atomic E-state index is 0.773. The Bertz CT molecular complexity index is 591. The molecular formula is C18H24N2O. The highest BCUT2D eigenvalue weighted by Gasteiger charge is 2.12. The lowest BCUT2D eigenvalue weighted by molar-refractivity contribution is 0.236. The molecule has 3 rings (SSSR count). The van der Waals surface area contributed by atoms with Gasteiger partial charge < -0.3 is 10.1 Å². The molecule has 0 spiro atoms. The first-order chi connectivity index (χ1) is 10.4. The van der Waals surface area contributed by atoms with Gasteiger partial charge in [-0.05, 0) is 49.8 Å². The third-order valence-electron chi connectivity index (χ3n) is 4.21. The molecule has 1 saturated heterocycles. The highest BCUT2D eigenvalue weighted by molar-refractivity contribution is 5.87. The van der Waals surface area contributed by atoms with Crippen LogP contribution in [0, 0.1) is 0 Å². The lowest BCUT2D eigenvalue weighted by Gasteiger charge is -2.17. The van der Waals surface area contributed by atoms with Crippen LogP contribution < -0.4 is 10.1 Å². The summed E-state index contributed by atoms with van der Waals surface area (Å²) in [5.41, 5.74) is 1.26. The summed E-state index contributed by atoms with van der Waals surface area (Å²) in [5, 5.41) is 5.81. The molecule has 1 aliphatic heterocycles. The number of nitrogens with one attached hydrogen (secondary N) is 1. The van der Waals surface area contributed by atoms with E-state index in [4.69, 9.17) is 4.74 Å². The van der Waals surface area contributed by atoms with Gasteiger partial charge in [-0.3, -0.25) is 4.90 Å². The van der Waals surface area contributed by atoms with E-state index in [1.54, 1.807) is 0 Å². The van der Waals surface area contributed by atoms with Gasteiger partial charge in [0.15, 0.2) is 0 Å². The molecule has 3 nitrogen and oxygen atoms in total. The molecule has 2 aromatic carbocycles. The summed E-state index contributed by atoms with van der Waals surface area (Å²) in [6, 6.07) is 12.8. The Kier molecular flexibility index (Phi) is 4.73. The zero-order valence-electron chi connectivity index (χ0n) is 12.8. The Morgan fingerprint density at radius 2 is 1.90 bits per heavy atom. The fourth-order valence-corrected chi connectivity index (χ4v) is 3.10. The summed E-state index contributed by atoms with van der Waals surface area (Å²) in [7, 11) is 1.98. The van der Waals surface area contributed by atoms with Gasteiger partial charge in [-0.15, -0.1) is 0 Å². The third kappa shape index (κ3) is 3.36. The van der Waals surface area contributed by atoms with Crippen molar-refractivity contribution < 1.29 is 4.74 Å². The van der Waals surface area contributed by atoms with E-state index in [2.05, 4.69) is 46.6 Å². The van der Waals surface area contributed by atoms with Gasteiger partial charge in [0.2, 0.25) is 0 Å². The molecule has 2 aromatic rings. The molecule has 0 unspecified atom stereocenters. The van der Waals surface area contributed by atoms with Gasteiger partial charge in [-0.1, -0.05) is 30.3 Å². The topological polar surface area (TPSA) is 24.5 Å². The van der Waals surface area contributed by atoms with Crippen molar-refractivity contribution in [3.8, 4) is 5.75 Å². The molecular weight excluding hydrogens is 260 g/mol. The van der Waals surface area contributed by atoms with E-state index in [1.165, 1.54) is 42.3 Å².